The Morgan fingerprint density at radius 2 is 1.76 bits per heavy atom. The number of aryl methyl sites for hydroxylation is 1. The molecule has 1 heterocycles. The van der Waals surface area contributed by atoms with Crippen molar-refractivity contribution < 1.29 is 4.79 Å². The van der Waals surface area contributed by atoms with Gasteiger partial charge in [0, 0.05) is 42.5 Å². The highest BCUT2D eigenvalue weighted by Crippen LogP contribution is 2.27. The van der Waals surface area contributed by atoms with Crippen molar-refractivity contribution >= 4 is 17.5 Å². The van der Waals surface area contributed by atoms with Gasteiger partial charge in [0.1, 0.15) is 5.69 Å². The lowest BCUT2D eigenvalue weighted by molar-refractivity contribution is 0.0713. The van der Waals surface area contributed by atoms with Crippen LogP contribution in [0.25, 0.3) is 11.1 Å². The van der Waals surface area contributed by atoms with Gasteiger partial charge in [-0.3, -0.25) is 14.7 Å². The van der Waals surface area contributed by atoms with Crippen LogP contribution in [0.15, 0.2) is 60.8 Å². The van der Waals surface area contributed by atoms with E-state index in [9.17, 15) is 4.79 Å². The Morgan fingerprint density at radius 1 is 1.03 bits per heavy atom. The van der Waals surface area contributed by atoms with Gasteiger partial charge in [0.25, 0.3) is 5.91 Å². The first-order chi connectivity index (χ1) is 15.8. The molecule has 0 radical (unpaired) electrons. The summed E-state index contributed by atoms with van der Waals surface area (Å²) in [5, 5.41) is 0.702. The smallest absolute Gasteiger partial charge is 0.272 e. The van der Waals surface area contributed by atoms with E-state index in [0.29, 0.717) is 16.8 Å². The highest BCUT2D eigenvalue weighted by atomic mass is 35.5. The van der Waals surface area contributed by atoms with E-state index in [1.54, 1.807) is 6.20 Å². The van der Waals surface area contributed by atoms with Crippen LogP contribution >= 0.6 is 11.6 Å². The SMILES string of the molecule is CC(C)N(C)Cc1ccc2c(c1)CCC(N(C)C(=O)c1ccc(-c3ccc(Cl)cc3)cn1)C2. The van der Waals surface area contributed by atoms with Crippen LogP contribution in [-0.2, 0) is 19.4 Å². The van der Waals surface area contributed by atoms with Gasteiger partial charge in [-0.1, -0.05) is 48.0 Å². The third-order valence-electron chi connectivity index (χ3n) is 6.81. The van der Waals surface area contributed by atoms with Gasteiger partial charge >= 0.3 is 0 Å². The van der Waals surface area contributed by atoms with Gasteiger partial charge in [-0.2, -0.15) is 0 Å². The summed E-state index contributed by atoms with van der Waals surface area (Å²) in [6, 6.07) is 18.9. The molecule has 33 heavy (non-hydrogen) atoms. The summed E-state index contributed by atoms with van der Waals surface area (Å²) in [6.07, 6.45) is 4.62. The van der Waals surface area contributed by atoms with Gasteiger partial charge in [0.15, 0.2) is 0 Å². The zero-order valence-electron chi connectivity index (χ0n) is 19.9. The summed E-state index contributed by atoms with van der Waals surface area (Å²) in [7, 11) is 4.06. The van der Waals surface area contributed by atoms with E-state index in [2.05, 4.69) is 49.0 Å². The second-order valence-electron chi connectivity index (χ2n) is 9.36. The van der Waals surface area contributed by atoms with E-state index in [-0.39, 0.29) is 11.9 Å². The number of benzene rings is 2. The second kappa shape index (κ2) is 10.1. The topological polar surface area (TPSA) is 36.4 Å². The number of nitrogens with zero attached hydrogens (tertiary/aromatic N) is 3. The van der Waals surface area contributed by atoms with E-state index >= 15 is 0 Å². The molecule has 0 aliphatic heterocycles. The van der Waals surface area contributed by atoms with Gasteiger partial charge in [-0.25, -0.2) is 0 Å². The second-order valence-corrected chi connectivity index (χ2v) is 9.80. The number of carbonyl (C=O) groups is 1. The Labute approximate surface area is 202 Å². The van der Waals surface area contributed by atoms with Crippen molar-refractivity contribution in [3.63, 3.8) is 0 Å². The molecule has 5 heteroatoms. The van der Waals surface area contributed by atoms with E-state index in [1.165, 1.54) is 16.7 Å². The first kappa shape index (κ1) is 23.5. The zero-order valence-corrected chi connectivity index (χ0v) is 20.6. The molecule has 3 aromatic rings. The number of pyridine rings is 1. The Balaban J connectivity index is 1.42. The predicted molar refractivity (Wildman–Crippen MR) is 136 cm³/mol. The van der Waals surface area contributed by atoms with Crippen molar-refractivity contribution in [3.8, 4) is 11.1 Å². The zero-order chi connectivity index (χ0) is 23.5. The van der Waals surface area contributed by atoms with Crippen molar-refractivity contribution in [2.75, 3.05) is 14.1 Å². The lowest BCUT2D eigenvalue weighted by atomic mass is 9.86. The molecule has 1 aromatic heterocycles. The molecule has 4 rings (SSSR count). The first-order valence-electron chi connectivity index (χ1n) is 11.6. The highest BCUT2D eigenvalue weighted by Gasteiger charge is 2.26. The quantitative estimate of drug-likeness (QED) is 0.460. The maximum Gasteiger partial charge on any atom is 0.272 e. The summed E-state index contributed by atoms with van der Waals surface area (Å²) < 4.78 is 0. The Bertz CT molecular complexity index is 1110. The summed E-state index contributed by atoms with van der Waals surface area (Å²) in [5.74, 6) is -0.0266. The number of halogens is 1. The number of fused-ring (bicyclic) bond motifs is 1. The molecule has 1 aliphatic rings. The minimum absolute atomic E-state index is 0.0266. The standard InChI is InChI=1S/C28H32ClN3O/c1-19(2)31(3)18-20-5-6-23-16-26(13-9-22(23)15-20)32(4)28(33)27-14-10-24(17-30-27)21-7-11-25(29)12-8-21/h5-8,10-12,14-15,17,19,26H,9,13,16,18H2,1-4H3. The minimum Gasteiger partial charge on any atom is -0.337 e. The van der Waals surface area contributed by atoms with Gasteiger partial charge in [-0.15, -0.1) is 0 Å². The van der Waals surface area contributed by atoms with Crippen molar-refractivity contribution in [1.82, 2.24) is 14.8 Å². The summed E-state index contributed by atoms with van der Waals surface area (Å²) >= 11 is 5.98. The van der Waals surface area contributed by atoms with E-state index < -0.39 is 0 Å². The van der Waals surface area contributed by atoms with E-state index in [4.69, 9.17) is 11.6 Å². The molecule has 0 spiro atoms. The molecule has 1 atom stereocenters. The minimum atomic E-state index is -0.0266. The van der Waals surface area contributed by atoms with Gasteiger partial charge in [-0.05, 0) is 80.6 Å². The van der Waals surface area contributed by atoms with Crippen LogP contribution in [0.2, 0.25) is 5.02 Å². The Hall–Kier alpha value is -2.69. The largest absolute Gasteiger partial charge is 0.337 e. The molecule has 0 N–H and O–H groups in total. The molecule has 2 aromatic carbocycles. The fourth-order valence-corrected chi connectivity index (χ4v) is 4.49. The number of hydrogen-bond acceptors (Lipinski definition) is 3. The van der Waals surface area contributed by atoms with Crippen LogP contribution in [0.4, 0.5) is 0 Å². The molecule has 0 fully saturated rings. The molecule has 0 saturated heterocycles. The average molecular weight is 462 g/mol. The van der Waals surface area contributed by atoms with Gasteiger partial charge < -0.3 is 4.90 Å². The molecule has 1 amide bonds. The number of carbonyl (C=O) groups excluding carboxylic acids is 1. The third-order valence-corrected chi connectivity index (χ3v) is 7.07. The Kier molecular flexibility index (Phi) is 7.16. The summed E-state index contributed by atoms with van der Waals surface area (Å²) in [4.78, 5) is 21.8. The molecule has 172 valence electrons. The van der Waals surface area contributed by atoms with Crippen molar-refractivity contribution in [1.29, 1.82) is 0 Å². The van der Waals surface area contributed by atoms with E-state index in [1.807, 2.05) is 48.3 Å². The number of rotatable bonds is 6. The number of hydrogen-bond donors (Lipinski definition) is 0. The van der Waals surface area contributed by atoms with Crippen molar-refractivity contribution in [3.05, 3.63) is 88.2 Å². The third kappa shape index (κ3) is 5.45. The summed E-state index contributed by atoms with van der Waals surface area (Å²) in [5.41, 5.74) is 6.62. The fourth-order valence-electron chi connectivity index (χ4n) is 4.37. The maximum absolute atomic E-state index is 13.1. The first-order valence-corrected chi connectivity index (χ1v) is 12.0. The average Bonchev–Trinajstić information content (AvgIpc) is 2.83. The normalized spacial score (nSPS) is 15.5. The number of aromatic nitrogens is 1. The summed E-state index contributed by atoms with van der Waals surface area (Å²) in [6.45, 7) is 5.40. The maximum atomic E-state index is 13.1. The van der Waals surface area contributed by atoms with Crippen LogP contribution in [0.1, 0.15) is 47.4 Å². The lowest BCUT2D eigenvalue weighted by Gasteiger charge is -2.33. The number of likely N-dealkylation sites (N-methyl/N-ethyl adjacent to an activating group) is 1. The van der Waals surface area contributed by atoms with Crippen LogP contribution in [-0.4, -0.2) is 46.9 Å². The fraction of sp³-hybridized carbons (Fsp3) is 0.357. The molecule has 0 bridgehead atoms. The van der Waals surface area contributed by atoms with Crippen LogP contribution in [0.3, 0.4) is 0 Å². The molecule has 0 saturated carbocycles. The van der Waals surface area contributed by atoms with Crippen molar-refractivity contribution in [2.45, 2.75) is 51.7 Å². The van der Waals surface area contributed by atoms with Crippen molar-refractivity contribution in [2.24, 2.45) is 0 Å². The van der Waals surface area contributed by atoms with Crippen LogP contribution < -0.4 is 0 Å². The van der Waals surface area contributed by atoms with E-state index in [0.717, 1.165) is 36.9 Å². The molecule has 1 unspecified atom stereocenters. The van der Waals surface area contributed by atoms with Gasteiger partial charge in [0.05, 0.1) is 0 Å². The lowest BCUT2D eigenvalue weighted by Crippen LogP contribution is -2.41. The van der Waals surface area contributed by atoms with Gasteiger partial charge in [0.2, 0.25) is 0 Å². The van der Waals surface area contributed by atoms with Crippen LogP contribution in [0.5, 0.6) is 0 Å². The Morgan fingerprint density at radius 3 is 2.42 bits per heavy atom. The monoisotopic (exact) mass is 461 g/mol. The molecular weight excluding hydrogens is 430 g/mol. The highest BCUT2D eigenvalue weighted by molar-refractivity contribution is 6.30. The molecule has 1 aliphatic carbocycles. The molecular formula is C28H32ClN3O. The number of amides is 1. The molecule has 4 nitrogen and oxygen atoms in total. The predicted octanol–water partition coefficient (Wildman–Crippen LogP) is 5.87. The van der Waals surface area contributed by atoms with Crippen LogP contribution in [0, 0.1) is 0 Å².